The molecule has 0 aromatic carbocycles. The van der Waals surface area contributed by atoms with Crippen molar-refractivity contribution >= 4 is 15.9 Å². The average molecular weight is 341 g/mol. The molecule has 7 heteroatoms. The van der Waals surface area contributed by atoms with Crippen LogP contribution in [-0.4, -0.2) is 43.9 Å². The van der Waals surface area contributed by atoms with Gasteiger partial charge in [-0.1, -0.05) is 19.8 Å². The molecule has 1 aliphatic heterocycles. The molecule has 0 spiro atoms. The summed E-state index contributed by atoms with van der Waals surface area (Å²) in [4.78, 5) is 14.7. The van der Waals surface area contributed by atoms with Crippen LogP contribution in [0.2, 0.25) is 0 Å². The van der Waals surface area contributed by atoms with Crippen LogP contribution in [0.25, 0.3) is 0 Å². The van der Waals surface area contributed by atoms with Crippen molar-refractivity contribution in [3.8, 4) is 0 Å². The minimum Gasteiger partial charge on any atom is -0.345 e. The summed E-state index contributed by atoms with van der Waals surface area (Å²) in [5, 5.41) is 0. The zero-order chi connectivity index (χ0) is 17.0. The van der Waals surface area contributed by atoms with Crippen LogP contribution in [0.5, 0.6) is 0 Å². The molecule has 130 valence electrons. The number of carbonyl (C=O) groups excluding carboxylic acids is 1. The van der Waals surface area contributed by atoms with Gasteiger partial charge in [-0.2, -0.15) is 0 Å². The van der Waals surface area contributed by atoms with E-state index in [0.29, 0.717) is 11.6 Å². The van der Waals surface area contributed by atoms with Gasteiger partial charge in [0.15, 0.2) is 0 Å². The number of sulfonamides is 1. The van der Waals surface area contributed by atoms with Gasteiger partial charge in [-0.3, -0.25) is 4.79 Å². The molecular formula is C16H27N3O3S. The highest BCUT2D eigenvalue weighted by atomic mass is 32.2. The quantitative estimate of drug-likeness (QED) is 0.890. The fourth-order valence-corrected chi connectivity index (χ4v) is 4.04. The summed E-state index contributed by atoms with van der Waals surface area (Å²) in [6, 6.07) is 1.46. The van der Waals surface area contributed by atoms with Crippen LogP contribution in [0.15, 0.2) is 17.2 Å². The van der Waals surface area contributed by atoms with Crippen molar-refractivity contribution in [3.63, 3.8) is 0 Å². The maximum Gasteiger partial charge on any atom is 0.270 e. The Balaban J connectivity index is 2.14. The third-order valence-electron chi connectivity index (χ3n) is 4.61. The molecule has 2 rings (SSSR count). The maximum absolute atomic E-state index is 12.8. The van der Waals surface area contributed by atoms with Crippen molar-refractivity contribution in [2.75, 3.05) is 20.1 Å². The number of amides is 1. The van der Waals surface area contributed by atoms with Crippen LogP contribution in [0.1, 0.15) is 49.5 Å². The van der Waals surface area contributed by atoms with Crippen LogP contribution >= 0.6 is 0 Å². The lowest BCUT2D eigenvalue weighted by molar-refractivity contribution is 0.0750. The van der Waals surface area contributed by atoms with Crippen molar-refractivity contribution in [1.82, 2.24) is 14.2 Å². The molecule has 1 N–H and O–H groups in total. The fraction of sp³-hybridized carbons (Fsp3) is 0.688. The van der Waals surface area contributed by atoms with Crippen LogP contribution in [0.4, 0.5) is 0 Å². The second kappa shape index (κ2) is 7.49. The predicted molar refractivity (Wildman–Crippen MR) is 89.8 cm³/mol. The van der Waals surface area contributed by atoms with E-state index in [2.05, 4.69) is 11.6 Å². The summed E-state index contributed by atoms with van der Waals surface area (Å²) >= 11 is 0. The molecule has 1 aliphatic rings. The number of carbonyl (C=O) groups is 1. The van der Waals surface area contributed by atoms with Gasteiger partial charge in [0.2, 0.25) is 10.0 Å². The van der Waals surface area contributed by atoms with Crippen LogP contribution in [0, 0.1) is 5.92 Å². The molecule has 23 heavy (non-hydrogen) atoms. The molecular weight excluding hydrogens is 314 g/mol. The van der Waals surface area contributed by atoms with E-state index in [-0.39, 0.29) is 10.8 Å². The van der Waals surface area contributed by atoms with Crippen LogP contribution in [-0.2, 0) is 17.1 Å². The van der Waals surface area contributed by atoms with E-state index in [1.165, 1.54) is 38.6 Å². The number of aromatic nitrogens is 1. The lowest BCUT2D eigenvalue weighted by atomic mass is 9.96. The van der Waals surface area contributed by atoms with Crippen molar-refractivity contribution in [2.45, 2.75) is 43.9 Å². The molecule has 1 amide bonds. The Kier molecular flexibility index (Phi) is 5.86. The molecule has 1 aromatic rings. The largest absolute Gasteiger partial charge is 0.345 e. The summed E-state index contributed by atoms with van der Waals surface area (Å²) in [5.41, 5.74) is 0.424. The van der Waals surface area contributed by atoms with Crippen molar-refractivity contribution in [2.24, 2.45) is 13.0 Å². The number of hydrogen-bond acceptors (Lipinski definition) is 3. The number of aryl methyl sites for hydroxylation is 1. The van der Waals surface area contributed by atoms with E-state index in [1.54, 1.807) is 11.6 Å². The zero-order valence-corrected chi connectivity index (χ0v) is 15.0. The van der Waals surface area contributed by atoms with E-state index < -0.39 is 10.0 Å². The van der Waals surface area contributed by atoms with Gasteiger partial charge in [0.1, 0.15) is 10.6 Å². The summed E-state index contributed by atoms with van der Waals surface area (Å²) in [6.07, 6.45) is 7.10. The first-order valence-electron chi connectivity index (χ1n) is 8.28. The summed E-state index contributed by atoms with van der Waals surface area (Å²) in [5.74, 6) is 0.619. The van der Waals surface area contributed by atoms with Gasteiger partial charge < -0.3 is 9.47 Å². The summed E-state index contributed by atoms with van der Waals surface area (Å²) < 4.78 is 27.7. The first-order valence-corrected chi connectivity index (χ1v) is 9.76. The Labute approximate surface area is 138 Å². The van der Waals surface area contributed by atoms with Gasteiger partial charge in [0, 0.05) is 26.3 Å². The molecule has 0 aliphatic carbocycles. The predicted octanol–water partition coefficient (Wildman–Crippen LogP) is 1.98. The van der Waals surface area contributed by atoms with Gasteiger partial charge in [0.05, 0.1) is 0 Å². The SMILES string of the molecule is CCC[C@H]1CCCN(C(=O)c2cc(S(=O)(=O)NC)cn2C)CC1. The number of nitrogens with zero attached hydrogens (tertiary/aromatic N) is 2. The number of nitrogens with one attached hydrogen (secondary N) is 1. The lowest BCUT2D eigenvalue weighted by Gasteiger charge is -2.20. The summed E-state index contributed by atoms with van der Waals surface area (Å²) in [7, 11) is -0.453. The molecule has 0 saturated carbocycles. The molecule has 2 heterocycles. The third kappa shape index (κ3) is 4.14. The smallest absolute Gasteiger partial charge is 0.270 e. The van der Waals surface area contributed by atoms with Gasteiger partial charge in [-0.25, -0.2) is 13.1 Å². The van der Waals surface area contributed by atoms with E-state index in [1.807, 2.05) is 4.90 Å². The van der Waals surface area contributed by atoms with Crippen LogP contribution in [0.3, 0.4) is 0 Å². The fourth-order valence-electron chi connectivity index (χ4n) is 3.24. The van der Waals surface area contributed by atoms with Crippen LogP contribution < -0.4 is 4.72 Å². The van der Waals surface area contributed by atoms with E-state index >= 15 is 0 Å². The number of hydrogen-bond donors (Lipinski definition) is 1. The first kappa shape index (κ1) is 18.0. The van der Waals surface area contributed by atoms with E-state index in [9.17, 15) is 13.2 Å². The van der Waals surface area contributed by atoms with Crippen molar-refractivity contribution < 1.29 is 13.2 Å². The topological polar surface area (TPSA) is 71.4 Å². The molecule has 6 nitrogen and oxygen atoms in total. The summed E-state index contributed by atoms with van der Waals surface area (Å²) in [6.45, 7) is 3.70. The molecule has 1 aromatic heterocycles. The second-order valence-electron chi connectivity index (χ2n) is 6.26. The van der Waals surface area contributed by atoms with Gasteiger partial charge in [-0.15, -0.1) is 0 Å². The monoisotopic (exact) mass is 341 g/mol. The Morgan fingerprint density at radius 2 is 2.09 bits per heavy atom. The molecule has 0 bridgehead atoms. The molecule has 0 radical (unpaired) electrons. The Bertz CT molecular complexity index is 652. The molecule has 1 atom stereocenters. The lowest BCUT2D eigenvalue weighted by Crippen LogP contribution is -2.33. The Morgan fingerprint density at radius 1 is 1.35 bits per heavy atom. The minimum atomic E-state index is -3.53. The second-order valence-corrected chi connectivity index (χ2v) is 8.14. The number of rotatable bonds is 5. The Morgan fingerprint density at radius 3 is 2.74 bits per heavy atom. The van der Waals surface area contributed by atoms with E-state index in [4.69, 9.17) is 0 Å². The highest BCUT2D eigenvalue weighted by Gasteiger charge is 2.25. The highest BCUT2D eigenvalue weighted by molar-refractivity contribution is 7.89. The van der Waals surface area contributed by atoms with E-state index in [0.717, 1.165) is 25.9 Å². The normalized spacial score (nSPS) is 19.6. The van der Waals surface area contributed by atoms with Crippen molar-refractivity contribution in [3.05, 3.63) is 18.0 Å². The molecule has 1 saturated heterocycles. The van der Waals surface area contributed by atoms with Gasteiger partial charge >= 0.3 is 0 Å². The zero-order valence-electron chi connectivity index (χ0n) is 14.2. The molecule has 1 fully saturated rings. The van der Waals surface area contributed by atoms with Gasteiger partial charge in [-0.05, 0) is 38.3 Å². The minimum absolute atomic E-state index is 0.0813. The average Bonchev–Trinajstić information content (AvgIpc) is 2.77. The third-order valence-corrected chi connectivity index (χ3v) is 5.99. The Hall–Kier alpha value is -1.34. The molecule has 0 unspecified atom stereocenters. The van der Waals surface area contributed by atoms with Gasteiger partial charge in [0.25, 0.3) is 5.91 Å². The maximum atomic E-state index is 12.8. The van der Waals surface area contributed by atoms with Crippen molar-refractivity contribution in [1.29, 1.82) is 0 Å². The number of likely N-dealkylation sites (tertiary alicyclic amines) is 1. The first-order chi connectivity index (χ1) is 10.9. The standard InChI is InChI=1S/C16H27N3O3S/c1-4-6-13-7-5-9-19(10-8-13)16(20)15-11-14(12-18(15)3)23(21,22)17-2/h11-13,17H,4-10H2,1-3H3/t13-/m0/s1. The highest BCUT2D eigenvalue weighted by Crippen LogP contribution is 2.23.